The molecule has 0 heterocycles. The minimum absolute atomic E-state index is 0.616. The summed E-state index contributed by atoms with van der Waals surface area (Å²) in [6.45, 7) is 3.08. The highest BCUT2D eigenvalue weighted by atomic mass is 16.7. The lowest BCUT2D eigenvalue weighted by atomic mass is 10.7. The molecular formula is C3H5NO2. The zero-order valence-electron chi connectivity index (χ0n) is 3.18. The van der Waals surface area contributed by atoms with Crippen LogP contribution in [-0.4, -0.2) is 5.97 Å². The summed E-state index contributed by atoms with van der Waals surface area (Å²) < 4.78 is 0. The molecule has 0 rings (SSSR count). The van der Waals surface area contributed by atoms with Gasteiger partial charge >= 0.3 is 5.97 Å². The molecule has 0 aromatic heterocycles. The van der Waals surface area contributed by atoms with E-state index in [0.29, 0.717) is 0 Å². The Bertz CT molecular complexity index is 69.2. The Hall–Kier alpha value is -0.830. The van der Waals surface area contributed by atoms with Gasteiger partial charge in [-0.15, -0.1) is 0 Å². The van der Waals surface area contributed by atoms with Crippen molar-refractivity contribution in [2.45, 2.75) is 0 Å². The van der Waals surface area contributed by atoms with Gasteiger partial charge in [0.15, 0.2) is 0 Å². The highest BCUT2D eigenvalue weighted by Gasteiger charge is 1.83. The lowest BCUT2D eigenvalue weighted by Gasteiger charge is -1.81. The fourth-order valence-corrected chi connectivity index (χ4v) is 0.0481. The summed E-state index contributed by atoms with van der Waals surface area (Å²) in [4.78, 5) is 13.4. The van der Waals surface area contributed by atoms with Crippen molar-refractivity contribution in [3.05, 3.63) is 12.7 Å². The van der Waals surface area contributed by atoms with Crippen LogP contribution in [0.25, 0.3) is 0 Å². The van der Waals surface area contributed by atoms with Gasteiger partial charge in [0.05, 0.1) is 0 Å². The molecule has 0 aliphatic heterocycles. The lowest BCUT2D eigenvalue weighted by Crippen LogP contribution is -2.04. The molecule has 2 N–H and O–H groups in total. The highest BCUT2D eigenvalue weighted by Crippen LogP contribution is 1.64. The van der Waals surface area contributed by atoms with E-state index in [2.05, 4.69) is 17.3 Å². The van der Waals surface area contributed by atoms with Gasteiger partial charge in [-0.2, -0.15) is 5.90 Å². The van der Waals surface area contributed by atoms with Crippen molar-refractivity contribution >= 4 is 5.97 Å². The predicted molar refractivity (Wildman–Crippen MR) is 20.5 cm³/mol. The Morgan fingerprint density at radius 3 is 2.50 bits per heavy atom. The van der Waals surface area contributed by atoms with Gasteiger partial charge in [-0.1, -0.05) is 6.58 Å². The highest BCUT2D eigenvalue weighted by molar-refractivity contribution is 5.80. The molecular weight excluding hydrogens is 82.0 g/mol. The second-order valence-corrected chi connectivity index (χ2v) is 0.641. The quantitative estimate of drug-likeness (QED) is 0.349. The predicted octanol–water partition coefficient (Wildman–Crippen LogP) is -0.411. The van der Waals surface area contributed by atoms with Crippen LogP contribution < -0.4 is 5.90 Å². The van der Waals surface area contributed by atoms with E-state index in [9.17, 15) is 4.79 Å². The molecule has 3 heteroatoms. The van der Waals surface area contributed by atoms with Gasteiger partial charge in [-0.3, -0.25) is 0 Å². The molecule has 0 aromatic carbocycles. The Morgan fingerprint density at radius 2 is 2.50 bits per heavy atom. The molecule has 0 aromatic rings. The summed E-state index contributed by atoms with van der Waals surface area (Å²) in [5.41, 5.74) is 0. The fraction of sp³-hybridized carbons (Fsp3) is 0. The minimum Gasteiger partial charge on any atom is -0.370 e. The van der Waals surface area contributed by atoms with Crippen molar-refractivity contribution in [1.29, 1.82) is 0 Å². The summed E-state index contributed by atoms with van der Waals surface area (Å²) in [6.07, 6.45) is 0.986. The molecule has 0 unspecified atom stereocenters. The first-order chi connectivity index (χ1) is 2.81. The topological polar surface area (TPSA) is 52.3 Å². The molecule has 3 nitrogen and oxygen atoms in total. The molecule has 0 bridgehead atoms. The van der Waals surface area contributed by atoms with Crippen molar-refractivity contribution in [2.75, 3.05) is 0 Å². The van der Waals surface area contributed by atoms with Gasteiger partial charge in [0.1, 0.15) is 0 Å². The van der Waals surface area contributed by atoms with E-state index in [-0.39, 0.29) is 0 Å². The normalized spacial score (nSPS) is 6.83. The van der Waals surface area contributed by atoms with Crippen LogP contribution in [0.3, 0.4) is 0 Å². The number of carbonyl (C=O) groups excluding carboxylic acids is 1. The molecule has 0 aliphatic carbocycles. The summed E-state index contributed by atoms with van der Waals surface area (Å²) in [7, 11) is 0. The molecule has 0 saturated heterocycles. The summed E-state index contributed by atoms with van der Waals surface area (Å²) in [5, 5.41) is 0. The Kier molecular flexibility index (Phi) is 2.08. The number of carbonyl (C=O) groups is 1. The van der Waals surface area contributed by atoms with E-state index in [0.717, 1.165) is 6.08 Å². The number of hydrogen-bond acceptors (Lipinski definition) is 3. The molecule has 0 radical (unpaired) electrons. The first kappa shape index (κ1) is 5.17. The first-order valence-electron chi connectivity index (χ1n) is 1.34. The number of nitrogens with two attached hydrogens (primary N) is 1. The summed E-state index contributed by atoms with van der Waals surface area (Å²) >= 11 is 0. The van der Waals surface area contributed by atoms with E-state index in [4.69, 9.17) is 0 Å². The third-order valence-corrected chi connectivity index (χ3v) is 0.283. The lowest BCUT2D eigenvalue weighted by molar-refractivity contribution is -0.138. The maximum atomic E-state index is 9.72. The van der Waals surface area contributed by atoms with Gasteiger partial charge in [0.2, 0.25) is 0 Å². The van der Waals surface area contributed by atoms with Gasteiger partial charge in [0.25, 0.3) is 0 Å². The van der Waals surface area contributed by atoms with Crippen LogP contribution in [0.4, 0.5) is 0 Å². The van der Waals surface area contributed by atoms with Gasteiger partial charge in [0, 0.05) is 6.08 Å². The van der Waals surface area contributed by atoms with E-state index >= 15 is 0 Å². The van der Waals surface area contributed by atoms with E-state index < -0.39 is 5.97 Å². The average molecular weight is 87.1 g/mol. The molecule has 0 atom stereocenters. The van der Waals surface area contributed by atoms with E-state index in [1.807, 2.05) is 0 Å². The maximum absolute atomic E-state index is 9.72. The summed E-state index contributed by atoms with van der Waals surface area (Å²) in [5.74, 6) is 3.75. The summed E-state index contributed by atoms with van der Waals surface area (Å²) in [6, 6.07) is 0. The number of hydrogen-bond donors (Lipinski definition) is 1. The SMILES string of the molecule is C=CC(=O)ON. The average Bonchev–Trinajstić information content (AvgIpc) is 1.65. The van der Waals surface area contributed by atoms with Gasteiger partial charge in [-0.05, 0) is 0 Å². The van der Waals surface area contributed by atoms with Crippen LogP contribution >= 0.6 is 0 Å². The smallest absolute Gasteiger partial charge is 0.348 e. The molecule has 0 amide bonds. The minimum atomic E-state index is -0.616. The maximum Gasteiger partial charge on any atom is 0.348 e. The van der Waals surface area contributed by atoms with Crippen molar-refractivity contribution in [3.8, 4) is 0 Å². The van der Waals surface area contributed by atoms with Crippen molar-refractivity contribution in [1.82, 2.24) is 0 Å². The second-order valence-electron chi connectivity index (χ2n) is 0.641. The second kappa shape index (κ2) is 2.41. The molecule has 34 valence electrons. The van der Waals surface area contributed by atoms with Crippen molar-refractivity contribution in [2.24, 2.45) is 5.90 Å². The molecule has 0 saturated carbocycles. The standard InChI is InChI=1S/C3H5NO2/c1-2-3(5)6-4/h2H,1,4H2. The van der Waals surface area contributed by atoms with Gasteiger partial charge in [-0.25, -0.2) is 4.79 Å². The molecule has 6 heavy (non-hydrogen) atoms. The van der Waals surface area contributed by atoms with Crippen molar-refractivity contribution < 1.29 is 9.63 Å². The van der Waals surface area contributed by atoms with Crippen molar-refractivity contribution in [3.63, 3.8) is 0 Å². The third kappa shape index (κ3) is 1.49. The first-order valence-corrected chi connectivity index (χ1v) is 1.34. The van der Waals surface area contributed by atoms with Gasteiger partial charge < -0.3 is 4.84 Å². The van der Waals surface area contributed by atoms with Crippen LogP contribution in [0.2, 0.25) is 0 Å². The Balaban J connectivity index is 3.23. The third-order valence-electron chi connectivity index (χ3n) is 0.283. The van der Waals surface area contributed by atoms with Crippen LogP contribution in [0.15, 0.2) is 12.7 Å². The van der Waals surface area contributed by atoms with E-state index in [1.54, 1.807) is 0 Å². The van der Waals surface area contributed by atoms with Crippen LogP contribution in [0.1, 0.15) is 0 Å². The zero-order valence-corrected chi connectivity index (χ0v) is 3.18. The molecule has 0 fully saturated rings. The fourth-order valence-electron chi connectivity index (χ4n) is 0.0481. The molecule has 0 spiro atoms. The van der Waals surface area contributed by atoms with Crippen LogP contribution in [-0.2, 0) is 9.63 Å². The van der Waals surface area contributed by atoms with Crippen LogP contribution in [0.5, 0.6) is 0 Å². The van der Waals surface area contributed by atoms with E-state index in [1.165, 1.54) is 0 Å². The largest absolute Gasteiger partial charge is 0.370 e. The Labute approximate surface area is 35.3 Å². The monoisotopic (exact) mass is 87.0 g/mol. The number of rotatable bonds is 1. The molecule has 0 aliphatic rings. The Morgan fingerprint density at radius 1 is 2.00 bits per heavy atom. The zero-order chi connectivity index (χ0) is 4.99. The van der Waals surface area contributed by atoms with Crippen LogP contribution in [0, 0.1) is 0 Å².